The molecule has 0 bridgehead atoms. The molecule has 0 saturated carbocycles. The van der Waals surface area contributed by atoms with Crippen molar-refractivity contribution in [1.29, 1.82) is 0 Å². The molecule has 0 aromatic heterocycles. The average molecular weight is 369 g/mol. The minimum Gasteiger partial charge on any atom is -0.479 e. The number of aliphatic carboxylic acids is 1. The van der Waals surface area contributed by atoms with E-state index < -0.39 is 12.1 Å². The molecule has 27 heavy (non-hydrogen) atoms. The summed E-state index contributed by atoms with van der Waals surface area (Å²) in [6, 6.07) is 17.9. The summed E-state index contributed by atoms with van der Waals surface area (Å²) in [7, 11) is 0. The van der Waals surface area contributed by atoms with Gasteiger partial charge in [0.1, 0.15) is 6.61 Å². The number of oxime groups is 1. The van der Waals surface area contributed by atoms with E-state index in [0.717, 1.165) is 29.7 Å². The maximum absolute atomic E-state index is 11.2. The van der Waals surface area contributed by atoms with Crippen LogP contribution in [0.1, 0.15) is 37.0 Å². The van der Waals surface area contributed by atoms with Crippen LogP contribution in [0.15, 0.2) is 59.8 Å². The Kier molecular flexibility index (Phi) is 8.52. The Morgan fingerprint density at radius 3 is 2.56 bits per heavy atom. The zero-order valence-electron chi connectivity index (χ0n) is 15.9. The van der Waals surface area contributed by atoms with Gasteiger partial charge in [0.25, 0.3) is 0 Å². The number of carbonyl (C=O) groups is 1. The monoisotopic (exact) mass is 369 g/mol. The summed E-state index contributed by atoms with van der Waals surface area (Å²) in [6.07, 6.45) is 1.34. The summed E-state index contributed by atoms with van der Waals surface area (Å²) in [5.74, 6) is -0.950. The first-order chi connectivity index (χ1) is 13.1. The maximum Gasteiger partial charge on any atom is 0.333 e. The number of rotatable bonds is 11. The van der Waals surface area contributed by atoms with E-state index in [0.29, 0.717) is 19.6 Å². The second-order valence-corrected chi connectivity index (χ2v) is 6.29. The highest BCUT2D eigenvalue weighted by molar-refractivity contribution is 5.98. The SMILES string of the molecule is CCO[C@@H](Cc1cccc(/C(C)=N/OCCCc2ccccc2)c1)C(=O)O. The molecule has 0 unspecified atom stereocenters. The van der Waals surface area contributed by atoms with Crippen molar-refractivity contribution in [3.05, 3.63) is 71.3 Å². The van der Waals surface area contributed by atoms with E-state index in [1.165, 1.54) is 5.56 Å². The van der Waals surface area contributed by atoms with Crippen LogP contribution in [-0.4, -0.2) is 36.1 Å². The van der Waals surface area contributed by atoms with Gasteiger partial charge in [0, 0.05) is 13.0 Å². The molecule has 0 saturated heterocycles. The number of aryl methyl sites for hydroxylation is 1. The van der Waals surface area contributed by atoms with E-state index in [9.17, 15) is 9.90 Å². The van der Waals surface area contributed by atoms with E-state index in [1.54, 1.807) is 6.92 Å². The van der Waals surface area contributed by atoms with Crippen molar-refractivity contribution in [2.24, 2.45) is 5.16 Å². The van der Waals surface area contributed by atoms with Gasteiger partial charge in [-0.1, -0.05) is 53.7 Å². The quantitative estimate of drug-likeness (QED) is 0.368. The van der Waals surface area contributed by atoms with Crippen LogP contribution in [0.3, 0.4) is 0 Å². The van der Waals surface area contributed by atoms with Crippen LogP contribution in [0.2, 0.25) is 0 Å². The number of ether oxygens (including phenoxy) is 1. The fraction of sp³-hybridized carbons (Fsp3) is 0.364. The highest BCUT2D eigenvalue weighted by atomic mass is 16.6. The third-order valence-corrected chi connectivity index (χ3v) is 4.15. The molecule has 0 aliphatic heterocycles. The predicted octanol–water partition coefficient (Wildman–Crippen LogP) is 4.09. The molecule has 1 atom stereocenters. The van der Waals surface area contributed by atoms with E-state index >= 15 is 0 Å². The number of benzene rings is 2. The van der Waals surface area contributed by atoms with Crippen molar-refractivity contribution in [2.75, 3.05) is 13.2 Å². The van der Waals surface area contributed by atoms with Crippen LogP contribution < -0.4 is 0 Å². The van der Waals surface area contributed by atoms with Crippen molar-refractivity contribution < 1.29 is 19.5 Å². The summed E-state index contributed by atoms with van der Waals surface area (Å²) in [5.41, 5.74) is 3.86. The van der Waals surface area contributed by atoms with Crippen LogP contribution in [0, 0.1) is 0 Å². The molecule has 0 aliphatic rings. The summed E-state index contributed by atoms with van der Waals surface area (Å²) in [5, 5.41) is 13.4. The van der Waals surface area contributed by atoms with Gasteiger partial charge in [0.2, 0.25) is 0 Å². The van der Waals surface area contributed by atoms with Crippen molar-refractivity contribution in [1.82, 2.24) is 0 Å². The molecule has 144 valence electrons. The van der Waals surface area contributed by atoms with Crippen LogP contribution in [0.5, 0.6) is 0 Å². The Morgan fingerprint density at radius 1 is 1.11 bits per heavy atom. The Morgan fingerprint density at radius 2 is 1.85 bits per heavy atom. The lowest BCUT2D eigenvalue weighted by Gasteiger charge is -2.13. The molecule has 5 heteroatoms. The molecule has 0 spiro atoms. The first kappa shape index (κ1) is 20.6. The van der Waals surface area contributed by atoms with Crippen LogP contribution in [0.4, 0.5) is 0 Å². The topological polar surface area (TPSA) is 68.1 Å². The van der Waals surface area contributed by atoms with Crippen molar-refractivity contribution in [3.63, 3.8) is 0 Å². The highest BCUT2D eigenvalue weighted by Crippen LogP contribution is 2.11. The lowest BCUT2D eigenvalue weighted by molar-refractivity contribution is -0.149. The van der Waals surface area contributed by atoms with E-state index in [-0.39, 0.29) is 0 Å². The van der Waals surface area contributed by atoms with Gasteiger partial charge in [0.15, 0.2) is 6.10 Å². The summed E-state index contributed by atoms with van der Waals surface area (Å²) in [4.78, 5) is 16.7. The number of nitrogens with zero attached hydrogens (tertiary/aromatic N) is 1. The van der Waals surface area contributed by atoms with E-state index in [4.69, 9.17) is 9.57 Å². The molecule has 0 fully saturated rings. The second-order valence-electron chi connectivity index (χ2n) is 6.29. The average Bonchev–Trinajstić information content (AvgIpc) is 2.68. The Labute approximate surface area is 160 Å². The molecular formula is C22H27NO4. The van der Waals surface area contributed by atoms with E-state index in [1.807, 2.05) is 49.4 Å². The molecule has 2 aromatic rings. The highest BCUT2D eigenvalue weighted by Gasteiger charge is 2.18. The maximum atomic E-state index is 11.2. The van der Waals surface area contributed by atoms with Gasteiger partial charge in [-0.2, -0.15) is 0 Å². The molecule has 0 aliphatic carbocycles. The van der Waals surface area contributed by atoms with Crippen molar-refractivity contribution >= 4 is 11.7 Å². The van der Waals surface area contributed by atoms with Gasteiger partial charge in [0.05, 0.1) is 5.71 Å². The molecular weight excluding hydrogens is 342 g/mol. The minimum atomic E-state index is -0.950. The van der Waals surface area contributed by atoms with E-state index in [2.05, 4.69) is 17.3 Å². The second kappa shape index (κ2) is 11.1. The van der Waals surface area contributed by atoms with Gasteiger partial charge in [-0.05, 0) is 49.4 Å². The molecule has 2 aromatic carbocycles. The first-order valence-corrected chi connectivity index (χ1v) is 9.24. The minimum absolute atomic E-state index is 0.322. The molecule has 1 N–H and O–H groups in total. The Balaban J connectivity index is 1.87. The standard InChI is InChI=1S/C22H27NO4/c1-3-26-21(22(24)25)16-19-11-7-13-20(15-19)17(2)23-27-14-8-12-18-9-5-4-6-10-18/h4-7,9-11,13,15,21H,3,8,12,14,16H2,1-2H3,(H,24,25)/b23-17+/t21-/m0/s1. The van der Waals surface area contributed by atoms with Gasteiger partial charge in [-0.3, -0.25) is 0 Å². The molecule has 0 amide bonds. The lowest BCUT2D eigenvalue weighted by Crippen LogP contribution is -2.26. The van der Waals surface area contributed by atoms with Crippen molar-refractivity contribution in [2.45, 2.75) is 39.2 Å². The van der Waals surface area contributed by atoms with Gasteiger partial charge < -0.3 is 14.7 Å². The number of carboxylic acid groups (broad SMARTS) is 1. The van der Waals surface area contributed by atoms with Gasteiger partial charge in [-0.15, -0.1) is 0 Å². The number of hydrogen-bond acceptors (Lipinski definition) is 4. The normalized spacial score (nSPS) is 12.6. The van der Waals surface area contributed by atoms with Gasteiger partial charge >= 0.3 is 5.97 Å². The van der Waals surface area contributed by atoms with Crippen molar-refractivity contribution in [3.8, 4) is 0 Å². The Hall–Kier alpha value is -2.66. The van der Waals surface area contributed by atoms with Crippen LogP contribution >= 0.6 is 0 Å². The van der Waals surface area contributed by atoms with Crippen LogP contribution in [-0.2, 0) is 27.2 Å². The fourth-order valence-corrected chi connectivity index (χ4v) is 2.74. The molecule has 2 rings (SSSR count). The molecule has 0 radical (unpaired) electrons. The lowest BCUT2D eigenvalue weighted by atomic mass is 10.0. The summed E-state index contributed by atoms with van der Waals surface area (Å²) >= 11 is 0. The third kappa shape index (κ3) is 7.23. The van der Waals surface area contributed by atoms with Crippen LogP contribution in [0.25, 0.3) is 0 Å². The predicted molar refractivity (Wildman–Crippen MR) is 106 cm³/mol. The summed E-state index contributed by atoms with van der Waals surface area (Å²) in [6.45, 7) is 4.59. The zero-order chi connectivity index (χ0) is 19.5. The first-order valence-electron chi connectivity index (χ1n) is 9.24. The smallest absolute Gasteiger partial charge is 0.333 e. The number of hydrogen-bond donors (Lipinski definition) is 1. The van der Waals surface area contributed by atoms with Gasteiger partial charge in [-0.25, -0.2) is 4.79 Å². The molecule has 5 nitrogen and oxygen atoms in total. The Bertz CT molecular complexity index is 743. The zero-order valence-corrected chi connectivity index (χ0v) is 15.9. The fourth-order valence-electron chi connectivity index (χ4n) is 2.74. The molecule has 0 heterocycles. The third-order valence-electron chi connectivity index (χ3n) is 4.15. The largest absolute Gasteiger partial charge is 0.479 e. The summed E-state index contributed by atoms with van der Waals surface area (Å²) < 4.78 is 5.28. The number of carboxylic acids is 1.